The second kappa shape index (κ2) is 25.2. The van der Waals surface area contributed by atoms with Gasteiger partial charge in [-0.25, -0.2) is 4.79 Å². The molecule has 19 heteroatoms. The third-order valence-corrected chi connectivity index (χ3v) is 13.7. The average Bonchev–Trinajstić information content (AvgIpc) is 3.65. The molecule has 0 saturated carbocycles. The van der Waals surface area contributed by atoms with Crippen LogP contribution in [0.4, 0.5) is 4.79 Å². The Kier molecular flexibility index (Phi) is 20.3. The number of primary amides is 1. The number of carbonyl (C=O) groups is 8. The number of nitrogens with one attached hydrogen (secondary N) is 2. The van der Waals surface area contributed by atoms with Crippen LogP contribution in [0.2, 0.25) is 0 Å². The summed E-state index contributed by atoms with van der Waals surface area (Å²) >= 11 is 0. The largest absolute Gasteiger partial charge is 0.448 e. The lowest BCUT2D eigenvalue weighted by Crippen LogP contribution is -2.60. The molecule has 1 heterocycles. The molecule has 8 amide bonds. The van der Waals surface area contributed by atoms with Crippen LogP contribution in [-0.4, -0.2) is 186 Å². The van der Waals surface area contributed by atoms with Crippen molar-refractivity contribution in [2.45, 2.75) is 129 Å². The normalized spacial score (nSPS) is 16.4. The quantitative estimate of drug-likeness (QED) is 0.125. The minimum atomic E-state index is -1.44. The fourth-order valence-corrected chi connectivity index (χ4v) is 9.19. The molecule has 1 saturated heterocycles. The van der Waals surface area contributed by atoms with E-state index < -0.39 is 96.5 Å². The maximum absolute atomic E-state index is 14.1. The topological polar surface area (TPSA) is 236 Å². The van der Waals surface area contributed by atoms with E-state index in [2.05, 4.69) is 10.6 Å². The van der Waals surface area contributed by atoms with E-state index in [4.69, 9.17) is 10.5 Å². The van der Waals surface area contributed by atoms with Crippen molar-refractivity contribution >= 4 is 47.4 Å². The molecule has 1 aliphatic heterocycles. The van der Waals surface area contributed by atoms with Crippen molar-refractivity contribution in [1.82, 2.24) is 40.0 Å². The molecule has 1 unspecified atom stereocenters. The van der Waals surface area contributed by atoms with E-state index in [1.165, 1.54) is 73.6 Å². The molecular weight excluding hydrogens is 899 g/mol. The summed E-state index contributed by atoms with van der Waals surface area (Å²) in [5, 5.41) is 16.9. The number of piperidine rings is 1. The number of fused-ring (bicyclic) bond motifs is 3. The summed E-state index contributed by atoms with van der Waals surface area (Å²) in [5.41, 5.74) is 9.79. The Morgan fingerprint density at radius 2 is 1.30 bits per heavy atom. The van der Waals surface area contributed by atoms with E-state index in [0.717, 1.165) is 41.5 Å². The van der Waals surface area contributed by atoms with Gasteiger partial charge in [0, 0.05) is 54.2 Å². The summed E-state index contributed by atoms with van der Waals surface area (Å²) in [6.07, 6.45) is 0.313. The highest BCUT2D eigenvalue weighted by Gasteiger charge is 2.40. The first kappa shape index (κ1) is 56.5. The fourth-order valence-electron chi connectivity index (χ4n) is 9.19. The molecule has 19 nitrogen and oxygen atoms in total. The molecule has 1 aliphatic carbocycles. The Morgan fingerprint density at radius 1 is 0.743 bits per heavy atom. The zero-order valence-corrected chi connectivity index (χ0v) is 43.1. The maximum atomic E-state index is 14.1. The summed E-state index contributed by atoms with van der Waals surface area (Å²) in [6, 6.07) is 9.71. The number of ether oxygens (including phenoxy) is 1. The van der Waals surface area contributed by atoms with Gasteiger partial charge in [-0.1, -0.05) is 76.2 Å². The molecule has 7 atom stereocenters. The summed E-state index contributed by atoms with van der Waals surface area (Å²) < 4.78 is 5.76. The summed E-state index contributed by atoms with van der Waals surface area (Å²) in [4.78, 5) is 116. The number of aliphatic hydroxyl groups excluding tert-OH is 1. The van der Waals surface area contributed by atoms with Crippen LogP contribution in [0.1, 0.15) is 97.6 Å². The first-order valence-corrected chi connectivity index (χ1v) is 24.3. The van der Waals surface area contributed by atoms with Gasteiger partial charge in [0.05, 0.1) is 25.0 Å². The fraction of sp³-hybridized carbons (Fsp3) is 0.608. The van der Waals surface area contributed by atoms with Crippen molar-refractivity contribution in [3.05, 3.63) is 59.7 Å². The van der Waals surface area contributed by atoms with Crippen LogP contribution in [-0.2, 0) is 38.3 Å². The van der Waals surface area contributed by atoms with Gasteiger partial charge in [0.15, 0.2) is 0 Å². The second-order valence-corrected chi connectivity index (χ2v) is 19.7. The highest BCUT2D eigenvalue weighted by Crippen LogP contribution is 2.44. The Hall–Kier alpha value is -6.08. The van der Waals surface area contributed by atoms with Crippen molar-refractivity contribution in [2.24, 2.45) is 17.6 Å². The van der Waals surface area contributed by atoms with E-state index in [1.807, 2.05) is 62.4 Å². The molecule has 5 N–H and O–H groups in total. The Balaban J connectivity index is 1.32. The monoisotopic (exact) mass is 976 g/mol. The molecule has 4 rings (SSSR count). The Morgan fingerprint density at radius 3 is 1.83 bits per heavy atom. The minimum Gasteiger partial charge on any atom is -0.448 e. The molecule has 386 valence electrons. The zero-order valence-electron chi connectivity index (χ0n) is 43.1. The number of aliphatic hydroxyl groups is 1. The molecule has 2 aromatic carbocycles. The highest BCUT2D eigenvalue weighted by atomic mass is 16.6. The van der Waals surface area contributed by atoms with E-state index in [9.17, 15) is 43.5 Å². The summed E-state index contributed by atoms with van der Waals surface area (Å²) in [7, 11) is 7.20. The number of hydrogen-bond donors (Lipinski definition) is 4. The zero-order chi connectivity index (χ0) is 52.3. The van der Waals surface area contributed by atoms with Crippen molar-refractivity contribution in [1.29, 1.82) is 0 Å². The summed E-state index contributed by atoms with van der Waals surface area (Å²) in [6.45, 7) is 12.5. The van der Waals surface area contributed by atoms with Crippen LogP contribution >= 0.6 is 0 Å². The van der Waals surface area contributed by atoms with Gasteiger partial charge in [-0.2, -0.15) is 0 Å². The van der Waals surface area contributed by atoms with Crippen molar-refractivity contribution in [3.8, 4) is 11.1 Å². The van der Waals surface area contributed by atoms with Gasteiger partial charge < -0.3 is 45.4 Å². The van der Waals surface area contributed by atoms with Gasteiger partial charge in [-0.05, 0) is 80.5 Å². The van der Waals surface area contributed by atoms with Crippen LogP contribution in [0.15, 0.2) is 48.5 Å². The number of amides is 8. The van der Waals surface area contributed by atoms with Crippen molar-refractivity contribution < 1.29 is 48.2 Å². The number of likely N-dealkylation sites (tertiary alicyclic amines) is 1. The predicted molar refractivity (Wildman–Crippen MR) is 264 cm³/mol. The second-order valence-electron chi connectivity index (χ2n) is 19.7. The van der Waals surface area contributed by atoms with Crippen LogP contribution in [0.25, 0.3) is 11.1 Å². The lowest BCUT2D eigenvalue weighted by atomic mass is 9.98. The molecule has 2 aliphatic rings. The smallest absolute Gasteiger partial charge is 0.410 e. The highest BCUT2D eigenvalue weighted by molar-refractivity contribution is 5.95. The average molecular weight is 976 g/mol. The Labute approximate surface area is 413 Å². The first-order chi connectivity index (χ1) is 32.9. The number of benzene rings is 2. The molecule has 70 heavy (non-hydrogen) atoms. The van der Waals surface area contributed by atoms with Crippen LogP contribution < -0.4 is 16.4 Å². The van der Waals surface area contributed by atoms with Gasteiger partial charge in [0.1, 0.15) is 37.0 Å². The maximum Gasteiger partial charge on any atom is 0.410 e. The first-order valence-electron chi connectivity index (χ1n) is 24.3. The molecule has 0 bridgehead atoms. The van der Waals surface area contributed by atoms with E-state index >= 15 is 0 Å². The lowest BCUT2D eigenvalue weighted by molar-refractivity contribution is -0.153. The number of carbonyl (C=O) groups excluding carboxylic acids is 8. The third kappa shape index (κ3) is 13.8. The predicted octanol–water partition coefficient (Wildman–Crippen LogP) is 2.59. The van der Waals surface area contributed by atoms with Crippen molar-refractivity contribution in [3.63, 3.8) is 0 Å². The van der Waals surface area contributed by atoms with Crippen LogP contribution in [0.3, 0.4) is 0 Å². The number of likely N-dealkylation sites (N-methyl/N-ethyl adjacent to an activating group) is 5. The van der Waals surface area contributed by atoms with Crippen molar-refractivity contribution in [2.75, 3.05) is 61.5 Å². The standard InChI is InChI=1S/C51H77N9O10/c1-30(2)26-40(54-46(64)34(7)57(10)51(69)70-29-39-37-22-16-14-20-35(37)36-21-15-17-23-38(36)39)48(66)55(8)28-43(62)56(9)33(6)45(63)53-32(5)47(65)59(12)44(31(3)4)50(68)58(11)41(27-42(52)61)49(67)60-24-18-13-19-25-60/h14-17,20-23,30-34,39-41,44-45,53,63H,13,18-19,24-29H2,1-12H3,(H2,52,61)(H,54,64)/t32-,33-,34-,40-,41-,44-,45?/m0/s1. The van der Waals surface area contributed by atoms with E-state index in [1.54, 1.807) is 25.7 Å². The third-order valence-electron chi connectivity index (χ3n) is 13.7. The molecule has 0 aromatic heterocycles. The summed E-state index contributed by atoms with van der Waals surface area (Å²) in [5.74, 6) is -4.54. The minimum absolute atomic E-state index is 0.0385. The Bertz CT molecular complexity index is 2150. The number of hydrogen-bond acceptors (Lipinski definition) is 11. The van der Waals surface area contributed by atoms with Gasteiger partial charge in [0.2, 0.25) is 41.4 Å². The molecule has 0 spiro atoms. The molecule has 1 fully saturated rings. The van der Waals surface area contributed by atoms with Gasteiger partial charge >= 0.3 is 6.09 Å². The van der Waals surface area contributed by atoms with E-state index in [0.29, 0.717) is 13.1 Å². The number of nitrogens with two attached hydrogens (primary N) is 1. The van der Waals surface area contributed by atoms with Gasteiger partial charge in [0.25, 0.3) is 0 Å². The molecular formula is C51H77N9O10. The SMILES string of the molecule is CC(C)C[C@H](NC(=O)[C@H](C)N(C)C(=O)OCC1c2ccccc2-c2ccccc21)C(=O)N(C)CC(=O)N(C)[C@@H](C)C(O)N[C@@H](C)C(=O)N(C)[C@H](C(=O)N(C)[C@@H](CC(N)=O)C(=O)N1CCCCC1)C(C)C. The lowest BCUT2D eigenvalue weighted by Gasteiger charge is -2.39. The molecule has 2 aromatic rings. The van der Waals surface area contributed by atoms with Crippen LogP contribution in [0, 0.1) is 11.8 Å². The number of nitrogens with zero attached hydrogens (tertiary/aromatic N) is 6. The van der Waals surface area contributed by atoms with Gasteiger partial charge in [-0.15, -0.1) is 0 Å². The van der Waals surface area contributed by atoms with Gasteiger partial charge in [-0.3, -0.25) is 43.8 Å². The number of rotatable bonds is 22. The van der Waals surface area contributed by atoms with Crippen LogP contribution in [0.5, 0.6) is 0 Å². The van der Waals surface area contributed by atoms with E-state index in [-0.39, 0.29) is 37.2 Å². The molecule has 0 radical (unpaired) electrons.